The van der Waals surface area contributed by atoms with Gasteiger partial charge in [0, 0.05) is 0 Å². The van der Waals surface area contributed by atoms with Crippen molar-refractivity contribution < 1.29 is 22.8 Å². The topological polar surface area (TPSA) is 34.1 Å². The Bertz CT molecular complexity index is 345. The molecule has 0 aromatic carbocycles. The molecule has 82 valence electrons. The molecule has 0 aliphatic heterocycles. The largest absolute Gasteiger partial charge is 0.402 e. The fraction of sp³-hybridized carbons (Fsp3) is 0.600. The highest BCUT2D eigenvalue weighted by molar-refractivity contribution is 6.28. The summed E-state index contributed by atoms with van der Waals surface area (Å²) in [5.74, 6) is -2.38. The van der Waals surface area contributed by atoms with Gasteiger partial charge in [-0.15, -0.1) is 0 Å². The van der Waals surface area contributed by atoms with E-state index in [9.17, 15) is 22.8 Å². The van der Waals surface area contributed by atoms with Gasteiger partial charge in [0.15, 0.2) is 6.29 Å². The Morgan fingerprint density at radius 3 is 2.40 bits per heavy atom. The summed E-state index contributed by atoms with van der Waals surface area (Å²) < 4.78 is 38.7. The van der Waals surface area contributed by atoms with Crippen LogP contribution in [0.4, 0.5) is 13.2 Å². The normalized spacial score (nSPS) is 38.3. The SMILES string of the molecule is O=CC(=O)C1(C(F)(F)F)CC2C=CC1C2. The van der Waals surface area contributed by atoms with Crippen molar-refractivity contribution in [3.8, 4) is 0 Å². The molecule has 2 rings (SSSR count). The van der Waals surface area contributed by atoms with Crippen LogP contribution in [0.3, 0.4) is 0 Å². The van der Waals surface area contributed by atoms with Crippen LogP contribution in [0.5, 0.6) is 0 Å². The lowest BCUT2D eigenvalue weighted by Gasteiger charge is -2.34. The summed E-state index contributed by atoms with van der Waals surface area (Å²) in [6.45, 7) is 0. The van der Waals surface area contributed by atoms with Crippen LogP contribution >= 0.6 is 0 Å². The first-order valence-corrected chi connectivity index (χ1v) is 4.66. The maximum atomic E-state index is 12.9. The van der Waals surface area contributed by atoms with Crippen molar-refractivity contribution >= 4 is 12.1 Å². The maximum absolute atomic E-state index is 12.9. The van der Waals surface area contributed by atoms with Gasteiger partial charge in [0.1, 0.15) is 5.41 Å². The Balaban J connectivity index is 2.46. The highest BCUT2D eigenvalue weighted by atomic mass is 19.4. The number of carbonyl (C=O) groups excluding carboxylic acids is 2. The molecule has 0 aromatic heterocycles. The smallest absolute Gasteiger partial charge is 0.295 e. The molecule has 2 nitrogen and oxygen atoms in total. The molecule has 0 amide bonds. The van der Waals surface area contributed by atoms with Gasteiger partial charge in [-0.05, 0) is 24.7 Å². The van der Waals surface area contributed by atoms with Crippen LogP contribution in [-0.4, -0.2) is 18.2 Å². The van der Waals surface area contributed by atoms with Crippen LogP contribution in [0.15, 0.2) is 12.2 Å². The molecule has 0 radical (unpaired) electrons. The molecular formula is C10H9F3O2. The molecule has 1 saturated carbocycles. The molecule has 2 bridgehead atoms. The highest BCUT2D eigenvalue weighted by Crippen LogP contribution is 2.59. The van der Waals surface area contributed by atoms with Crippen LogP contribution < -0.4 is 0 Å². The standard InChI is InChI=1S/C10H9F3O2/c11-10(12,13)9(8(15)5-14)4-6-1-2-7(9)3-6/h1-2,5-7H,3-4H2. The lowest BCUT2D eigenvalue weighted by atomic mass is 9.72. The Morgan fingerprint density at radius 1 is 1.40 bits per heavy atom. The molecule has 3 unspecified atom stereocenters. The number of allylic oxidation sites excluding steroid dienone is 2. The molecule has 1 fully saturated rings. The third-order valence-corrected chi connectivity index (χ3v) is 3.44. The van der Waals surface area contributed by atoms with Crippen LogP contribution in [-0.2, 0) is 9.59 Å². The number of aldehydes is 1. The number of carbonyl (C=O) groups is 2. The number of hydrogen-bond acceptors (Lipinski definition) is 2. The molecule has 2 aliphatic rings. The zero-order valence-corrected chi connectivity index (χ0v) is 7.75. The summed E-state index contributed by atoms with van der Waals surface area (Å²) in [5, 5.41) is 0. The van der Waals surface area contributed by atoms with E-state index in [1.807, 2.05) is 0 Å². The molecular weight excluding hydrogens is 209 g/mol. The predicted molar refractivity (Wildman–Crippen MR) is 44.9 cm³/mol. The summed E-state index contributed by atoms with van der Waals surface area (Å²) in [6, 6.07) is 0. The molecule has 0 heterocycles. The quantitative estimate of drug-likeness (QED) is 0.403. The van der Waals surface area contributed by atoms with E-state index in [1.165, 1.54) is 6.08 Å². The number of rotatable bonds is 2. The first-order chi connectivity index (χ1) is 6.91. The lowest BCUT2D eigenvalue weighted by molar-refractivity contribution is -0.226. The first kappa shape index (κ1) is 10.4. The average Bonchev–Trinajstić information content (AvgIpc) is 2.74. The van der Waals surface area contributed by atoms with Gasteiger partial charge in [0.2, 0.25) is 5.78 Å². The zero-order valence-electron chi connectivity index (χ0n) is 7.75. The number of fused-ring (bicyclic) bond motifs is 2. The van der Waals surface area contributed by atoms with Crippen molar-refractivity contribution in [1.29, 1.82) is 0 Å². The van der Waals surface area contributed by atoms with E-state index >= 15 is 0 Å². The summed E-state index contributed by atoms with van der Waals surface area (Å²) in [4.78, 5) is 21.6. The fourth-order valence-electron chi connectivity index (χ4n) is 2.71. The highest BCUT2D eigenvalue weighted by Gasteiger charge is 2.67. The van der Waals surface area contributed by atoms with Crippen LogP contribution in [0, 0.1) is 17.3 Å². The number of halogens is 3. The second-order valence-corrected chi connectivity index (χ2v) is 4.14. The molecule has 2 aliphatic carbocycles. The van der Waals surface area contributed by atoms with Gasteiger partial charge in [0.25, 0.3) is 0 Å². The molecule has 0 N–H and O–H groups in total. The van der Waals surface area contributed by atoms with E-state index in [0.717, 1.165) is 0 Å². The third-order valence-electron chi connectivity index (χ3n) is 3.44. The number of ketones is 1. The number of alkyl halides is 3. The van der Waals surface area contributed by atoms with Crippen molar-refractivity contribution in [2.45, 2.75) is 19.0 Å². The first-order valence-electron chi connectivity index (χ1n) is 4.66. The third kappa shape index (κ3) is 1.18. The van der Waals surface area contributed by atoms with Crippen LogP contribution in [0.1, 0.15) is 12.8 Å². The Morgan fingerprint density at radius 2 is 2.07 bits per heavy atom. The predicted octanol–water partition coefficient (Wildman–Crippen LogP) is 1.90. The van der Waals surface area contributed by atoms with Gasteiger partial charge < -0.3 is 0 Å². The van der Waals surface area contributed by atoms with Crippen LogP contribution in [0.25, 0.3) is 0 Å². The van der Waals surface area contributed by atoms with E-state index < -0.39 is 23.3 Å². The van der Waals surface area contributed by atoms with Gasteiger partial charge >= 0.3 is 6.18 Å². The average molecular weight is 218 g/mol. The molecule has 5 heteroatoms. The molecule has 0 spiro atoms. The van der Waals surface area contributed by atoms with Gasteiger partial charge in [-0.1, -0.05) is 12.2 Å². The van der Waals surface area contributed by atoms with Crippen molar-refractivity contribution in [3.63, 3.8) is 0 Å². The summed E-state index contributed by atoms with van der Waals surface area (Å²) in [5.41, 5.74) is -2.44. The lowest BCUT2D eigenvalue weighted by Crippen LogP contribution is -2.48. The second-order valence-electron chi connectivity index (χ2n) is 4.14. The maximum Gasteiger partial charge on any atom is 0.402 e. The van der Waals surface area contributed by atoms with Gasteiger partial charge in [-0.3, -0.25) is 9.59 Å². The number of Topliss-reactive ketones (excluding diaryl/α,β-unsaturated/α-hetero) is 1. The summed E-state index contributed by atoms with van der Waals surface area (Å²) >= 11 is 0. The van der Waals surface area contributed by atoms with Crippen molar-refractivity contribution in [2.75, 3.05) is 0 Å². The van der Waals surface area contributed by atoms with E-state index in [1.54, 1.807) is 6.08 Å². The van der Waals surface area contributed by atoms with Gasteiger partial charge in [-0.25, -0.2) is 0 Å². The van der Waals surface area contributed by atoms with Crippen molar-refractivity contribution in [1.82, 2.24) is 0 Å². The van der Waals surface area contributed by atoms with Crippen LogP contribution in [0.2, 0.25) is 0 Å². The summed E-state index contributed by atoms with van der Waals surface area (Å²) in [7, 11) is 0. The van der Waals surface area contributed by atoms with E-state index in [4.69, 9.17) is 0 Å². The zero-order chi connectivity index (χ0) is 11.3. The second kappa shape index (κ2) is 2.93. The minimum Gasteiger partial charge on any atom is -0.295 e. The minimum atomic E-state index is -4.63. The van der Waals surface area contributed by atoms with Crippen molar-refractivity contribution in [3.05, 3.63) is 12.2 Å². The Kier molecular flexibility index (Phi) is 2.03. The monoisotopic (exact) mass is 218 g/mol. The van der Waals surface area contributed by atoms with Gasteiger partial charge in [0.05, 0.1) is 0 Å². The molecule has 3 atom stereocenters. The summed E-state index contributed by atoms with van der Waals surface area (Å²) in [6.07, 6.45) is -1.64. The minimum absolute atomic E-state index is 0.192. The molecule has 15 heavy (non-hydrogen) atoms. The van der Waals surface area contributed by atoms with Gasteiger partial charge in [-0.2, -0.15) is 13.2 Å². The van der Waals surface area contributed by atoms with E-state index in [0.29, 0.717) is 6.42 Å². The number of hydrogen-bond donors (Lipinski definition) is 0. The Labute approximate surface area is 84.1 Å². The Hall–Kier alpha value is -1.13. The molecule has 0 aromatic rings. The van der Waals surface area contributed by atoms with E-state index in [2.05, 4.69) is 0 Å². The molecule has 0 saturated heterocycles. The fourth-order valence-corrected chi connectivity index (χ4v) is 2.71. The van der Waals surface area contributed by atoms with Crippen molar-refractivity contribution in [2.24, 2.45) is 17.3 Å². The van der Waals surface area contributed by atoms with E-state index in [-0.39, 0.29) is 18.6 Å².